The lowest BCUT2D eigenvalue weighted by Gasteiger charge is -2.27. The molecule has 0 spiro atoms. The van der Waals surface area contributed by atoms with Crippen molar-refractivity contribution in [1.82, 2.24) is 0 Å². The van der Waals surface area contributed by atoms with Crippen LogP contribution in [0.1, 0.15) is 12.8 Å². The summed E-state index contributed by atoms with van der Waals surface area (Å²) in [4.78, 5) is 0. The molecule has 1 saturated carbocycles. The summed E-state index contributed by atoms with van der Waals surface area (Å²) in [7, 11) is -1.12. The fourth-order valence-electron chi connectivity index (χ4n) is 1.95. The van der Waals surface area contributed by atoms with E-state index in [2.05, 4.69) is 26.2 Å². The summed E-state index contributed by atoms with van der Waals surface area (Å²) in [6, 6.07) is 0. The van der Waals surface area contributed by atoms with Crippen molar-refractivity contribution >= 4 is 8.07 Å². The number of allylic oxidation sites excluding steroid dienone is 1. The molecule has 0 aliphatic heterocycles. The highest BCUT2D eigenvalue weighted by atomic mass is 28.3. The van der Waals surface area contributed by atoms with Crippen LogP contribution in [-0.4, -0.2) is 19.8 Å². The van der Waals surface area contributed by atoms with Gasteiger partial charge in [-0.2, -0.15) is 0 Å². The Morgan fingerprint density at radius 2 is 2.00 bits per heavy atom. The van der Waals surface area contributed by atoms with E-state index in [0.29, 0.717) is 11.6 Å². The summed E-state index contributed by atoms with van der Waals surface area (Å²) in [5, 5.41) is 9.29. The highest BCUT2D eigenvalue weighted by Crippen LogP contribution is 2.66. The van der Waals surface area contributed by atoms with Crippen LogP contribution >= 0.6 is 0 Å². The summed E-state index contributed by atoms with van der Waals surface area (Å²) >= 11 is 0. The lowest BCUT2D eigenvalue weighted by Crippen LogP contribution is -2.30. The molecule has 0 amide bonds. The molecule has 0 heterocycles. The van der Waals surface area contributed by atoms with E-state index < -0.39 is 8.07 Å². The van der Waals surface area contributed by atoms with Gasteiger partial charge in [0.25, 0.3) is 0 Å². The average molecular weight is 170 g/mol. The molecule has 1 rings (SSSR count). The van der Waals surface area contributed by atoms with Crippen molar-refractivity contribution in [3.63, 3.8) is 0 Å². The van der Waals surface area contributed by atoms with Crippen LogP contribution in [-0.2, 0) is 0 Å². The van der Waals surface area contributed by atoms with Crippen molar-refractivity contribution in [2.24, 2.45) is 0 Å². The highest BCUT2D eigenvalue weighted by Gasteiger charge is 2.55. The molecule has 64 valence electrons. The molecule has 1 nitrogen and oxygen atoms in total. The molecular formula is C9H18OSi. The first-order chi connectivity index (χ1) is 4.94. The van der Waals surface area contributed by atoms with Gasteiger partial charge in [0.05, 0.1) is 8.07 Å². The monoisotopic (exact) mass is 170 g/mol. The van der Waals surface area contributed by atoms with Gasteiger partial charge in [-0.1, -0.05) is 31.8 Å². The van der Waals surface area contributed by atoms with Gasteiger partial charge < -0.3 is 5.11 Å². The van der Waals surface area contributed by atoms with E-state index in [1.165, 1.54) is 12.0 Å². The Hall–Kier alpha value is -0.0831. The molecule has 1 fully saturated rings. The van der Waals surface area contributed by atoms with Crippen LogP contribution < -0.4 is 0 Å². The van der Waals surface area contributed by atoms with Crippen molar-refractivity contribution in [2.45, 2.75) is 37.5 Å². The lowest BCUT2D eigenvalue weighted by atomic mass is 10.3. The molecule has 0 aromatic rings. The van der Waals surface area contributed by atoms with Gasteiger partial charge in [0.2, 0.25) is 0 Å². The van der Waals surface area contributed by atoms with E-state index in [0.717, 1.165) is 6.42 Å². The third-order valence-corrected chi connectivity index (χ3v) is 6.69. The minimum atomic E-state index is -1.12. The Bertz CT molecular complexity index is 180. The van der Waals surface area contributed by atoms with E-state index in [-0.39, 0.29) is 0 Å². The van der Waals surface area contributed by atoms with Crippen LogP contribution in [0, 0.1) is 0 Å². The zero-order valence-corrected chi connectivity index (χ0v) is 8.78. The molecule has 1 atom stereocenters. The van der Waals surface area contributed by atoms with E-state index in [1.807, 2.05) is 0 Å². The fourth-order valence-corrected chi connectivity index (χ4v) is 4.61. The molecule has 0 aromatic heterocycles. The molecule has 2 heteroatoms. The van der Waals surface area contributed by atoms with Gasteiger partial charge in [-0.15, -0.1) is 0 Å². The van der Waals surface area contributed by atoms with Crippen molar-refractivity contribution in [3.8, 4) is 0 Å². The smallest absolute Gasteiger partial charge is 0.0557 e. The summed E-state index contributed by atoms with van der Waals surface area (Å²) in [6.45, 7) is 11.4. The van der Waals surface area contributed by atoms with Crippen molar-refractivity contribution < 1.29 is 5.11 Å². The Balaban J connectivity index is 2.72. The summed E-state index contributed by atoms with van der Waals surface area (Å²) in [6.07, 6.45) is 2.12. The summed E-state index contributed by atoms with van der Waals surface area (Å²) < 4.78 is 0. The topological polar surface area (TPSA) is 20.2 Å². The Labute approximate surface area is 70.1 Å². The Morgan fingerprint density at radius 3 is 2.09 bits per heavy atom. The molecule has 0 bridgehead atoms. The first-order valence-electron chi connectivity index (χ1n) is 4.23. The third kappa shape index (κ3) is 1.29. The summed E-state index contributed by atoms with van der Waals surface area (Å²) in [5.41, 5.74) is 1.38. The molecule has 1 N–H and O–H groups in total. The Morgan fingerprint density at radius 1 is 1.55 bits per heavy atom. The number of hydrogen-bond acceptors (Lipinski definition) is 1. The maximum Gasteiger partial charge on any atom is 0.0557 e. The van der Waals surface area contributed by atoms with Gasteiger partial charge in [-0.05, 0) is 17.9 Å². The number of aliphatic hydroxyl groups excluding tert-OH is 1. The quantitative estimate of drug-likeness (QED) is 0.509. The van der Waals surface area contributed by atoms with Gasteiger partial charge in [-0.25, -0.2) is 0 Å². The van der Waals surface area contributed by atoms with Crippen molar-refractivity contribution in [2.75, 3.05) is 6.61 Å². The van der Waals surface area contributed by atoms with Crippen LogP contribution in [0.4, 0.5) is 0 Å². The van der Waals surface area contributed by atoms with Gasteiger partial charge in [0.1, 0.15) is 0 Å². The number of hydrogen-bond donors (Lipinski definition) is 1. The maximum absolute atomic E-state index is 8.90. The lowest BCUT2D eigenvalue weighted by molar-refractivity contribution is 0.282. The van der Waals surface area contributed by atoms with Gasteiger partial charge in [-0.3, -0.25) is 0 Å². The van der Waals surface area contributed by atoms with Crippen LogP contribution in [0.15, 0.2) is 12.2 Å². The second-order valence-electron chi connectivity index (χ2n) is 4.59. The first kappa shape index (κ1) is 9.01. The number of rotatable bonds is 3. The van der Waals surface area contributed by atoms with Gasteiger partial charge in [0.15, 0.2) is 0 Å². The summed E-state index contributed by atoms with van der Waals surface area (Å²) in [5.74, 6) is 0. The SMILES string of the molecule is C=C1CC1(CCO)[Si](C)(C)C. The van der Waals surface area contributed by atoms with E-state index in [1.54, 1.807) is 0 Å². The molecule has 11 heavy (non-hydrogen) atoms. The zero-order chi connectivity index (χ0) is 8.70. The molecule has 0 radical (unpaired) electrons. The second kappa shape index (κ2) is 2.46. The van der Waals surface area contributed by atoms with Crippen molar-refractivity contribution in [3.05, 3.63) is 12.2 Å². The predicted molar refractivity (Wildman–Crippen MR) is 51.5 cm³/mol. The Kier molecular flexibility index (Phi) is 2.01. The van der Waals surface area contributed by atoms with Gasteiger partial charge >= 0.3 is 0 Å². The molecule has 1 aliphatic carbocycles. The fraction of sp³-hybridized carbons (Fsp3) is 0.778. The zero-order valence-electron chi connectivity index (χ0n) is 7.78. The minimum absolute atomic E-state index is 0.323. The molecule has 0 aromatic carbocycles. The molecular weight excluding hydrogens is 152 g/mol. The highest BCUT2D eigenvalue weighted by molar-refractivity contribution is 6.81. The molecule has 0 saturated heterocycles. The second-order valence-corrected chi connectivity index (χ2v) is 10.0. The molecule has 1 aliphatic rings. The average Bonchev–Trinajstić information content (AvgIpc) is 2.42. The van der Waals surface area contributed by atoms with Crippen LogP contribution in [0.3, 0.4) is 0 Å². The maximum atomic E-state index is 8.90. The normalized spacial score (nSPS) is 30.7. The first-order valence-corrected chi connectivity index (χ1v) is 7.73. The van der Waals surface area contributed by atoms with E-state index in [9.17, 15) is 0 Å². The predicted octanol–water partition coefficient (Wildman–Crippen LogP) is 2.41. The number of aliphatic hydroxyl groups is 1. The van der Waals surface area contributed by atoms with Crippen LogP contribution in [0.25, 0.3) is 0 Å². The van der Waals surface area contributed by atoms with Crippen LogP contribution in [0.2, 0.25) is 24.7 Å². The largest absolute Gasteiger partial charge is 0.396 e. The van der Waals surface area contributed by atoms with Crippen molar-refractivity contribution in [1.29, 1.82) is 0 Å². The minimum Gasteiger partial charge on any atom is -0.396 e. The third-order valence-electron chi connectivity index (χ3n) is 3.04. The standard InChI is InChI=1S/C9H18OSi/c1-8-7-9(8,5-6-10)11(2,3)4/h10H,1,5-7H2,2-4H3. The van der Waals surface area contributed by atoms with Crippen LogP contribution in [0.5, 0.6) is 0 Å². The van der Waals surface area contributed by atoms with E-state index in [4.69, 9.17) is 5.11 Å². The molecule has 1 unspecified atom stereocenters. The van der Waals surface area contributed by atoms with Gasteiger partial charge in [0, 0.05) is 6.61 Å². The van der Waals surface area contributed by atoms with E-state index >= 15 is 0 Å².